The molecule has 9 nitrogen and oxygen atoms in total. The first kappa shape index (κ1) is 18.9. The molecular formula is C15H17BrN4O5. The number of nitrogens with zero attached hydrogens (tertiary/aromatic N) is 1. The number of aromatic amines is 2. The van der Waals surface area contributed by atoms with Gasteiger partial charge in [-0.2, -0.15) is 0 Å². The van der Waals surface area contributed by atoms with Crippen molar-refractivity contribution in [3.8, 4) is 0 Å². The van der Waals surface area contributed by atoms with Crippen molar-refractivity contribution in [1.82, 2.24) is 15.0 Å². The molecule has 2 aromatic rings. The van der Waals surface area contributed by atoms with E-state index in [1.54, 1.807) is 12.1 Å². The first-order chi connectivity index (χ1) is 11.8. The van der Waals surface area contributed by atoms with Crippen molar-refractivity contribution < 1.29 is 14.7 Å². The van der Waals surface area contributed by atoms with Crippen molar-refractivity contribution in [2.75, 3.05) is 0 Å². The Bertz CT molecular complexity index is 920. The zero-order chi connectivity index (χ0) is 18.6. The first-order valence-electron chi connectivity index (χ1n) is 7.49. The number of aliphatic carboxylic acids is 1. The van der Waals surface area contributed by atoms with Crippen LogP contribution in [0.5, 0.6) is 0 Å². The van der Waals surface area contributed by atoms with Crippen LogP contribution in [0.1, 0.15) is 31.2 Å². The van der Waals surface area contributed by atoms with Crippen molar-refractivity contribution in [3.63, 3.8) is 0 Å². The molecule has 0 radical (unpaired) electrons. The van der Waals surface area contributed by atoms with Gasteiger partial charge in [0.1, 0.15) is 0 Å². The van der Waals surface area contributed by atoms with Crippen LogP contribution in [0, 0.1) is 0 Å². The van der Waals surface area contributed by atoms with Crippen LogP contribution in [0.2, 0.25) is 0 Å². The predicted octanol–water partition coefficient (Wildman–Crippen LogP) is 0.826. The molecule has 0 aliphatic carbocycles. The number of carbonyl (C=O) groups is 2. The number of unbranched alkanes of at least 4 members (excludes halogenated alkanes) is 1. The Morgan fingerprint density at radius 3 is 2.44 bits per heavy atom. The number of aromatic nitrogens is 2. The van der Waals surface area contributed by atoms with Crippen molar-refractivity contribution >= 4 is 38.8 Å². The van der Waals surface area contributed by atoms with Crippen LogP contribution in [0.25, 0.3) is 11.0 Å². The molecule has 0 unspecified atom stereocenters. The highest BCUT2D eigenvalue weighted by molar-refractivity contribution is 9.10. The molecule has 0 saturated heterocycles. The van der Waals surface area contributed by atoms with Gasteiger partial charge >= 0.3 is 17.1 Å². The highest BCUT2D eigenvalue weighted by atomic mass is 79.9. The molecule has 10 heteroatoms. The van der Waals surface area contributed by atoms with Gasteiger partial charge in [-0.15, -0.1) is 0 Å². The largest absolute Gasteiger partial charge is 0.481 e. The number of fused-ring (bicyclic) bond motifs is 1. The van der Waals surface area contributed by atoms with E-state index < -0.39 is 17.1 Å². The molecule has 0 bridgehead atoms. The Hall–Kier alpha value is -2.46. The monoisotopic (exact) mass is 412 g/mol. The fourth-order valence-corrected chi connectivity index (χ4v) is 2.86. The molecule has 1 aromatic heterocycles. The van der Waals surface area contributed by atoms with Gasteiger partial charge in [-0.25, -0.2) is 5.84 Å². The minimum absolute atomic E-state index is 0.00270. The van der Waals surface area contributed by atoms with Crippen LogP contribution in [0.3, 0.4) is 0 Å². The summed E-state index contributed by atoms with van der Waals surface area (Å²) in [5, 5.41) is 9.58. The second-order valence-electron chi connectivity index (χ2n) is 5.52. The second kappa shape index (κ2) is 8.08. The Morgan fingerprint density at radius 2 is 1.76 bits per heavy atom. The summed E-state index contributed by atoms with van der Waals surface area (Å²) in [6.07, 6.45) is 0.942. The molecule has 0 aliphatic heterocycles. The van der Waals surface area contributed by atoms with E-state index in [1.165, 1.54) is 0 Å². The van der Waals surface area contributed by atoms with Crippen molar-refractivity contribution in [3.05, 3.63) is 42.9 Å². The third-order valence-corrected chi connectivity index (χ3v) is 4.03. The first-order valence-corrected chi connectivity index (χ1v) is 8.29. The SMILES string of the molecule is NN(Cc1cc(Br)cc2[nH]c(=O)c(=O)[nH]c12)C(=O)CCCCC(=O)O. The van der Waals surface area contributed by atoms with Crippen LogP contribution in [-0.4, -0.2) is 32.0 Å². The van der Waals surface area contributed by atoms with E-state index in [4.69, 9.17) is 10.9 Å². The Kier molecular flexibility index (Phi) is 6.10. The van der Waals surface area contributed by atoms with Gasteiger partial charge in [-0.3, -0.25) is 24.2 Å². The number of hydrazine groups is 1. The number of benzene rings is 1. The van der Waals surface area contributed by atoms with E-state index in [1.807, 2.05) is 0 Å². The van der Waals surface area contributed by atoms with E-state index in [0.29, 0.717) is 33.9 Å². The van der Waals surface area contributed by atoms with Crippen LogP contribution in [0.15, 0.2) is 26.2 Å². The molecule has 5 N–H and O–H groups in total. The highest BCUT2D eigenvalue weighted by Crippen LogP contribution is 2.21. The number of carboxylic acids is 1. The van der Waals surface area contributed by atoms with E-state index in [2.05, 4.69) is 25.9 Å². The number of hydrogen-bond donors (Lipinski definition) is 4. The lowest BCUT2D eigenvalue weighted by atomic mass is 10.1. The highest BCUT2D eigenvalue weighted by Gasteiger charge is 2.14. The van der Waals surface area contributed by atoms with Crippen LogP contribution in [0.4, 0.5) is 0 Å². The van der Waals surface area contributed by atoms with Crippen LogP contribution in [-0.2, 0) is 16.1 Å². The number of carboxylic acid groups (broad SMARTS) is 1. The summed E-state index contributed by atoms with van der Waals surface area (Å²) in [7, 11) is 0. The van der Waals surface area contributed by atoms with Crippen molar-refractivity contribution in [2.24, 2.45) is 5.84 Å². The van der Waals surface area contributed by atoms with Gasteiger partial charge in [-0.05, 0) is 30.5 Å². The zero-order valence-corrected chi connectivity index (χ0v) is 14.8. The summed E-state index contributed by atoms with van der Waals surface area (Å²) in [4.78, 5) is 50.4. The molecule has 2 rings (SSSR count). The molecule has 0 aliphatic rings. The molecule has 1 amide bonds. The molecule has 1 heterocycles. The molecule has 0 saturated carbocycles. The van der Waals surface area contributed by atoms with E-state index in [0.717, 1.165) is 5.01 Å². The van der Waals surface area contributed by atoms with Crippen LogP contribution < -0.4 is 17.0 Å². The number of amides is 1. The second-order valence-corrected chi connectivity index (χ2v) is 6.43. The standard InChI is InChI=1S/C15H17BrN4O5/c16-9-5-8(13-10(6-9)18-14(24)15(25)19-13)7-20(17)11(21)3-1-2-4-12(22)23/h5-6H,1-4,7,17H2,(H,18,24)(H,19,25)(H,22,23). The molecule has 1 aromatic carbocycles. The lowest BCUT2D eigenvalue weighted by molar-refractivity contribution is -0.137. The predicted molar refractivity (Wildman–Crippen MR) is 93.7 cm³/mol. The van der Waals surface area contributed by atoms with Gasteiger partial charge < -0.3 is 15.1 Å². The van der Waals surface area contributed by atoms with E-state index in [-0.39, 0.29) is 25.3 Å². The van der Waals surface area contributed by atoms with Gasteiger partial charge in [-0.1, -0.05) is 15.9 Å². The maximum atomic E-state index is 12.0. The van der Waals surface area contributed by atoms with E-state index in [9.17, 15) is 19.2 Å². The van der Waals surface area contributed by atoms with E-state index >= 15 is 0 Å². The number of nitrogens with one attached hydrogen (secondary N) is 2. The third-order valence-electron chi connectivity index (χ3n) is 3.57. The number of carbonyl (C=O) groups excluding carboxylic acids is 1. The fourth-order valence-electron chi connectivity index (χ4n) is 2.35. The summed E-state index contributed by atoms with van der Waals surface area (Å²) in [6.45, 7) is 0.0235. The molecule has 134 valence electrons. The molecule has 0 spiro atoms. The Labute approximate surface area is 149 Å². The Morgan fingerprint density at radius 1 is 1.12 bits per heavy atom. The number of nitrogens with two attached hydrogens (primary N) is 1. The van der Waals surface area contributed by atoms with Crippen molar-refractivity contribution in [2.45, 2.75) is 32.2 Å². The Balaban J connectivity index is 2.15. The maximum absolute atomic E-state index is 12.0. The van der Waals surface area contributed by atoms with Gasteiger partial charge in [0.2, 0.25) is 5.91 Å². The van der Waals surface area contributed by atoms with Crippen LogP contribution >= 0.6 is 15.9 Å². The van der Waals surface area contributed by atoms with Gasteiger partial charge in [0.05, 0.1) is 17.6 Å². The average Bonchev–Trinajstić information content (AvgIpc) is 2.52. The molecule has 0 atom stereocenters. The quantitative estimate of drug-likeness (QED) is 0.174. The summed E-state index contributed by atoms with van der Waals surface area (Å²) in [5.74, 6) is 4.54. The van der Waals surface area contributed by atoms with Gasteiger partial charge in [0.25, 0.3) is 0 Å². The third kappa shape index (κ3) is 5.00. The minimum atomic E-state index is -0.907. The maximum Gasteiger partial charge on any atom is 0.314 e. The number of halogens is 1. The number of hydrogen-bond acceptors (Lipinski definition) is 5. The molecular weight excluding hydrogens is 396 g/mol. The zero-order valence-electron chi connectivity index (χ0n) is 13.2. The summed E-state index contributed by atoms with van der Waals surface area (Å²) in [5.41, 5.74) is -0.201. The van der Waals surface area contributed by atoms with Gasteiger partial charge in [0.15, 0.2) is 0 Å². The van der Waals surface area contributed by atoms with Gasteiger partial charge in [0, 0.05) is 17.3 Å². The normalized spacial score (nSPS) is 10.8. The minimum Gasteiger partial charge on any atom is -0.481 e. The smallest absolute Gasteiger partial charge is 0.314 e. The molecule has 0 fully saturated rings. The topological polar surface area (TPSA) is 149 Å². The van der Waals surface area contributed by atoms with Crippen molar-refractivity contribution in [1.29, 1.82) is 0 Å². The lowest BCUT2D eigenvalue weighted by Gasteiger charge is -2.18. The number of H-pyrrole nitrogens is 2. The molecule has 25 heavy (non-hydrogen) atoms. The summed E-state index contributed by atoms with van der Waals surface area (Å²) < 4.78 is 0.653. The fraction of sp³-hybridized carbons (Fsp3) is 0.333. The lowest BCUT2D eigenvalue weighted by Crippen LogP contribution is -2.37. The number of rotatable bonds is 7. The summed E-state index contributed by atoms with van der Waals surface area (Å²) >= 11 is 3.30. The average molecular weight is 413 g/mol. The summed E-state index contributed by atoms with van der Waals surface area (Å²) in [6, 6.07) is 3.32.